The molecule has 0 amide bonds. The fraction of sp³-hybridized carbons (Fsp3) is 0.923. The Morgan fingerprint density at radius 1 is 1.07 bits per heavy atom. The van der Waals surface area contributed by atoms with Crippen molar-refractivity contribution < 1.29 is 4.79 Å². The minimum atomic E-state index is 0. The standard InChI is InChI=1S/C11H19NO.2CH4/c1-7(13)10-8-3-5-9(6-4-8)11(10)12-2;;/h8-12H,3-6H2,1-2H3;2*1H4/t8?,9?,10-,11+;;/m1../s1. The van der Waals surface area contributed by atoms with Gasteiger partial charge in [-0.1, -0.05) is 14.9 Å². The maximum atomic E-state index is 11.5. The molecule has 2 heteroatoms. The fourth-order valence-corrected chi connectivity index (χ4v) is 3.45. The van der Waals surface area contributed by atoms with E-state index in [0.717, 1.165) is 5.92 Å². The van der Waals surface area contributed by atoms with Gasteiger partial charge in [0.05, 0.1) is 0 Å². The third kappa shape index (κ3) is 2.41. The van der Waals surface area contributed by atoms with Crippen molar-refractivity contribution in [3.63, 3.8) is 0 Å². The van der Waals surface area contributed by atoms with Crippen LogP contribution in [0.5, 0.6) is 0 Å². The van der Waals surface area contributed by atoms with Gasteiger partial charge in [0.2, 0.25) is 0 Å². The molecule has 0 spiro atoms. The van der Waals surface area contributed by atoms with E-state index in [1.807, 2.05) is 7.05 Å². The summed E-state index contributed by atoms with van der Waals surface area (Å²) in [6.45, 7) is 1.76. The molecule has 90 valence electrons. The summed E-state index contributed by atoms with van der Waals surface area (Å²) in [6, 6.07) is 0.477. The summed E-state index contributed by atoms with van der Waals surface area (Å²) in [5.74, 6) is 2.16. The molecular weight excluding hydrogens is 186 g/mol. The first-order valence-electron chi connectivity index (χ1n) is 5.41. The molecule has 0 saturated heterocycles. The second-order valence-corrected chi connectivity index (χ2v) is 4.63. The van der Waals surface area contributed by atoms with Crippen molar-refractivity contribution in [1.29, 1.82) is 0 Å². The molecule has 3 aliphatic rings. The molecule has 3 rings (SSSR count). The minimum absolute atomic E-state index is 0. The highest BCUT2D eigenvalue weighted by molar-refractivity contribution is 5.79. The molecule has 2 nitrogen and oxygen atoms in total. The van der Waals surface area contributed by atoms with Gasteiger partial charge in [-0.05, 0) is 51.5 Å². The van der Waals surface area contributed by atoms with Gasteiger partial charge in [0, 0.05) is 12.0 Å². The number of carbonyl (C=O) groups excluding carboxylic acids is 1. The summed E-state index contributed by atoms with van der Waals surface area (Å²) >= 11 is 0. The van der Waals surface area contributed by atoms with Gasteiger partial charge in [0.1, 0.15) is 5.78 Å². The molecule has 0 aromatic heterocycles. The molecule has 1 N–H and O–H groups in total. The lowest BCUT2D eigenvalue weighted by atomic mass is 9.60. The van der Waals surface area contributed by atoms with E-state index in [1.165, 1.54) is 25.7 Å². The van der Waals surface area contributed by atoms with E-state index in [1.54, 1.807) is 6.92 Å². The van der Waals surface area contributed by atoms with E-state index in [4.69, 9.17) is 0 Å². The number of hydrogen-bond donors (Lipinski definition) is 1. The van der Waals surface area contributed by atoms with E-state index in [2.05, 4.69) is 5.32 Å². The van der Waals surface area contributed by atoms with Gasteiger partial charge in [-0.25, -0.2) is 0 Å². The van der Waals surface area contributed by atoms with E-state index in [-0.39, 0.29) is 14.9 Å². The Morgan fingerprint density at radius 3 is 1.87 bits per heavy atom. The number of Topliss-reactive ketones (excluding diaryl/α,β-unsaturated/α-hetero) is 1. The van der Waals surface area contributed by atoms with Crippen LogP contribution in [0.15, 0.2) is 0 Å². The lowest BCUT2D eigenvalue weighted by Gasteiger charge is -2.47. The van der Waals surface area contributed by atoms with Gasteiger partial charge in [0.25, 0.3) is 0 Å². The van der Waals surface area contributed by atoms with Gasteiger partial charge in [-0.3, -0.25) is 4.79 Å². The van der Waals surface area contributed by atoms with Crippen molar-refractivity contribution in [1.82, 2.24) is 5.32 Å². The molecule has 0 radical (unpaired) electrons. The monoisotopic (exact) mass is 213 g/mol. The Morgan fingerprint density at radius 2 is 1.53 bits per heavy atom. The number of nitrogens with one attached hydrogen (secondary N) is 1. The molecule has 2 atom stereocenters. The summed E-state index contributed by atoms with van der Waals surface area (Å²) in [6.07, 6.45) is 5.24. The van der Waals surface area contributed by atoms with Crippen molar-refractivity contribution >= 4 is 5.78 Å². The van der Waals surface area contributed by atoms with Crippen molar-refractivity contribution in [3.05, 3.63) is 0 Å². The lowest BCUT2D eigenvalue weighted by Crippen LogP contribution is -2.53. The smallest absolute Gasteiger partial charge is 0.134 e. The SMILES string of the molecule is C.C.CN[C@H]1C2CCC(CC2)[C@H]1C(C)=O. The first-order chi connectivity index (χ1) is 6.24. The average Bonchev–Trinajstić information content (AvgIpc) is 2.17. The van der Waals surface area contributed by atoms with Crippen LogP contribution in [0.1, 0.15) is 47.5 Å². The zero-order valence-corrected chi connectivity index (χ0v) is 8.55. The molecule has 3 saturated carbocycles. The van der Waals surface area contributed by atoms with Crippen molar-refractivity contribution in [3.8, 4) is 0 Å². The quantitative estimate of drug-likeness (QED) is 0.764. The van der Waals surface area contributed by atoms with Gasteiger partial charge >= 0.3 is 0 Å². The fourth-order valence-electron chi connectivity index (χ4n) is 3.45. The van der Waals surface area contributed by atoms with Crippen LogP contribution in [-0.2, 0) is 4.79 Å². The van der Waals surface area contributed by atoms with E-state index in [9.17, 15) is 4.79 Å². The van der Waals surface area contributed by atoms with E-state index >= 15 is 0 Å². The molecule has 2 bridgehead atoms. The van der Waals surface area contributed by atoms with Gasteiger partial charge in [0.15, 0.2) is 0 Å². The first-order valence-corrected chi connectivity index (χ1v) is 5.41. The highest BCUT2D eigenvalue weighted by atomic mass is 16.1. The van der Waals surface area contributed by atoms with Crippen LogP contribution < -0.4 is 5.32 Å². The highest BCUT2D eigenvalue weighted by Crippen LogP contribution is 2.45. The van der Waals surface area contributed by atoms with Gasteiger partial charge in [-0.2, -0.15) is 0 Å². The Labute approximate surface area is 94.8 Å². The Kier molecular flexibility index (Phi) is 5.50. The lowest BCUT2D eigenvalue weighted by molar-refractivity contribution is -0.127. The normalized spacial score (nSPS) is 37.7. The average molecular weight is 213 g/mol. The van der Waals surface area contributed by atoms with Crippen LogP contribution in [0, 0.1) is 17.8 Å². The molecule has 0 aromatic rings. The third-order valence-electron chi connectivity index (χ3n) is 4.02. The second kappa shape index (κ2) is 5.64. The summed E-state index contributed by atoms with van der Waals surface area (Å²) in [7, 11) is 2.00. The van der Waals surface area contributed by atoms with Gasteiger partial charge in [-0.15, -0.1) is 0 Å². The zero-order chi connectivity index (χ0) is 9.42. The Balaban J connectivity index is 0.000000980. The van der Waals surface area contributed by atoms with Crippen LogP contribution in [0.25, 0.3) is 0 Å². The zero-order valence-electron chi connectivity index (χ0n) is 8.55. The first kappa shape index (κ1) is 14.6. The summed E-state index contributed by atoms with van der Waals surface area (Å²) in [5.41, 5.74) is 0. The Hall–Kier alpha value is -0.370. The molecule has 0 heterocycles. The third-order valence-corrected chi connectivity index (χ3v) is 4.02. The van der Waals surface area contributed by atoms with Crippen LogP contribution in [0.3, 0.4) is 0 Å². The molecule has 3 aliphatic carbocycles. The summed E-state index contributed by atoms with van der Waals surface area (Å²) in [4.78, 5) is 11.5. The molecule has 0 aliphatic heterocycles. The van der Waals surface area contributed by atoms with Crippen molar-refractivity contribution in [2.75, 3.05) is 7.05 Å². The second-order valence-electron chi connectivity index (χ2n) is 4.63. The number of hydrogen-bond acceptors (Lipinski definition) is 2. The van der Waals surface area contributed by atoms with Crippen LogP contribution in [-0.4, -0.2) is 18.9 Å². The predicted octanol–water partition coefficient (Wildman–Crippen LogP) is 2.87. The topological polar surface area (TPSA) is 29.1 Å². The van der Waals surface area contributed by atoms with E-state index < -0.39 is 0 Å². The highest BCUT2D eigenvalue weighted by Gasteiger charge is 2.44. The largest absolute Gasteiger partial charge is 0.316 e. The molecule has 15 heavy (non-hydrogen) atoms. The molecule has 3 fully saturated rings. The maximum absolute atomic E-state index is 11.5. The van der Waals surface area contributed by atoms with Crippen LogP contribution in [0.2, 0.25) is 0 Å². The summed E-state index contributed by atoms with van der Waals surface area (Å²) < 4.78 is 0. The number of ketones is 1. The van der Waals surface area contributed by atoms with Gasteiger partial charge < -0.3 is 5.32 Å². The van der Waals surface area contributed by atoms with E-state index in [0.29, 0.717) is 23.7 Å². The predicted molar refractivity (Wildman–Crippen MR) is 65.9 cm³/mol. The maximum Gasteiger partial charge on any atom is 0.134 e. The summed E-state index contributed by atoms with van der Waals surface area (Å²) in [5, 5.41) is 3.35. The van der Waals surface area contributed by atoms with Crippen LogP contribution in [0.4, 0.5) is 0 Å². The number of carbonyl (C=O) groups is 1. The molecule has 0 unspecified atom stereocenters. The number of rotatable bonds is 2. The number of fused-ring (bicyclic) bond motifs is 3. The van der Waals surface area contributed by atoms with Crippen molar-refractivity contribution in [2.24, 2.45) is 17.8 Å². The molecule has 0 aromatic carbocycles. The Bertz CT molecular complexity index is 207. The molecular formula is C13H27NO. The van der Waals surface area contributed by atoms with Crippen molar-refractivity contribution in [2.45, 2.75) is 53.5 Å². The minimum Gasteiger partial charge on any atom is -0.316 e. The van der Waals surface area contributed by atoms with Crippen LogP contribution >= 0.6 is 0 Å².